The molecule has 0 N–H and O–H groups in total. The predicted molar refractivity (Wildman–Crippen MR) is 98.2 cm³/mol. The van der Waals surface area contributed by atoms with Gasteiger partial charge in [0.15, 0.2) is 0 Å². The Balaban J connectivity index is 1.53. The first-order chi connectivity index (χ1) is 12.3. The lowest BCUT2D eigenvalue weighted by molar-refractivity contribution is 0.0607. The summed E-state index contributed by atoms with van der Waals surface area (Å²) in [6.45, 7) is 3.88. The van der Waals surface area contributed by atoms with E-state index in [1.807, 2.05) is 11.0 Å². The summed E-state index contributed by atoms with van der Waals surface area (Å²) in [7, 11) is 0. The Morgan fingerprint density at radius 2 is 1.96 bits per heavy atom. The van der Waals surface area contributed by atoms with Crippen molar-refractivity contribution in [3.05, 3.63) is 47.8 Å². The monoisotopic (exact) mass is 336 g/mol. The number of nitrogens with zero attached hydrogens (tertiary/aromatic N) is 4. The zero-order valence-electron chi connectivity index (χ0n) is 14.7. The zero-order valence-corrected chi connectivity index (χ0v) is 14.7. The van der Waals surface area contributed by atoms with Crippen LogP contribution in [-0.2, 0) is 6.42 Å². The van der Waals surface area contributed by atoms with Crippen molar-refractivity contribution < 1.29 is 4.79 Å². The van der Waals surface area contributed by atoms with E-state index in [9.17, 15) is 4.79 Å². The first-order valence-corrected chi connectivity index (χ1v) is 9.26. The molecule has 0 aliphatic carbocycles. The van der Waals surface area contributed by atoms with Crippen molar-refractivity contribution in [3.63, 3.8) is 0 Å². The number of piperidine rings is 1. The Hall–Kier alpha value is -2.43. The van der Waals surface area contributed by atoms with E-state index < -0.39 is 0 Å². The third-order valence-electron chi connectivity index (χ3n) is 5.37. The van der Waals surface area contributed by atoms with Gasteiger partial charge in [-0.3, -0.25) is 4.79 Å². The number of hydrogen-bond donors (Lipinski definition) is 0. The lowest BCUT2D eigenvalue weighted by atomic mass is 9.99. The third-order valence-corrected chi connectivity index (χ3v) is 5.37. The molecule has 2 aliphatic rings. The molecule has 1 aromatic heterocycles. The highest BCUT2D eigenvalue weighted by atomic mass is 16.2. The Labute approximate surface area is 148 Å². The van der Waals surface area contributed by atoms with Crippen molar-refractivity contribution >= 4 is 17.5 Å². The molecule has 25 heavy (non-hydrogen) atoms. The number of benzene rings is 1. The average Bonchev–Trinajstić information content (AvgIpc) is 3.11. The molecule has 1 atom stereocenters. The molecular formula is C20H24N4O. The lowest BCUT2D eigenvalue weighted by Crippen LogP contribution is -2.43. The number of hydrogen-bond acceptors (Lipinski definition) is 4. The van der Waals surface area contributed by atoms with Gasteiger partial charge in [-0.25, -0.2) is 9.97 Å². The Morgan fingerprint density at radius 1 is 1.16 bits per heavy atom. The van der Waals surface area contributed by atoms with Crippen molar-refractivity contribution in [2.24, 2.45) is 0 Å². The van der Waals surface area contributed by atoms with Crippen LogP contribution in [0.25, 0.3) is 0 Å². The predicted octanol–water partition coefficient (Wildman–Crippen LogP) is 3.58. The molecule has 0 bridgehead atoms. The van der Waals surface area contributed by atoms with Crippen LogP contribution in [0.5, 0.6) is 0 Å². The fourth-order valence-corrected chi connectivity index (χ4v) is 3.98. The molecule has 1 unspecified atom stereocenters. The molecule has 0 saturated carbocycles. The molecular weight excluding hydrogens is 312 g/mol. The van der Waals surface area contributed by atoms with Crippen molar-refractivity contribution in [2.45, 2.75) is 45.1 Å². The Morgan fingerprint density at radius 3 is 2.76 bits per heavy atom. The Bertz CT molecular complexity index is 759. The van der Waals surface area contributed by atoms with Crippen LogP contribution in [0.2, 0.25) is 0 Å². The third kappa shape index (κ3) is 2.99. The van der Waals surface area contributed by atoms with Crippen LogP contribution in [0.4, 0.5) is 11.6 Å². The summed E-state index contributed by atoms with van der Waals surface area (Å²) in [6, 6.07) is 8.70. The van der Waals surface area contributed by atoms with Gasteiger partial charge in [-0.15, -0.1) is 0 Å². The fraction of sp³-hybridized carbons (Fsp3) is 0.450. The number of aromatic nitrogens is 2. The van der Waals surface area contributed by atoms with Crippen LogP contribution < -0.4 is 4.90 Å². The van der Waals surface area contributed by atoms with Crippen molar-refractivity contribution in [1.82, 2.24) is 14.9 Å². The minimum absolute atomic E-state index is 0.0694. The van der Waals surface area contributed by atoms with Gasteiger partial charge in [0.2, 0.25) is 5.95 Å². The van der Waals surface area contributed by atoms with Gasteiger partial charge in [0.1, 0.15) is 0 Å². The van der Waals surface area contributed by atoms with E-state index in [2.05, 4.69) is 40.0 Å². The Kier molecular flexibility index (Phi) is 4.38. The quantitative estimate of drug-likeness (QED) is 0.860. The van der Waals surface area contributed by atoms with Gasteiger partial charge in [0, 0.05) is 37.2 Å². The molecule has 130 valence electrons. The molecule has 5 heteroatoms. The number of likely N-dealkylation sites (tertiary alicyclic amines) is 1. The maximum absolute atomic E-state index is 12.8. The number of amides is 1. The smallest absolute Gasteiger partial charge is 0.257 e. The molecule has 1 aromatic carbocycles. The van der Waals surface area contributed by atoms with E-state index in [0.717, 1.165) is 38.8 Å². The van der Waals surface area contributed by atoms with Crippen molar-refractivity contribution in [2.75, 3.05) is 18.0 Å². The molecule has 2 aromatic rings. The minimum Gasteiger partial charge on any atom is -0.336 e. The number of anilines is 2. The first kappa shape index (κ1) is 16.1. The summed E-state index contributed by atoms with van der Waals surface area (Å²) in [5, 5.41) is 0. The average molecular weight is 336 g/mol. The van der Waals surface area contributed by atoms with E-state index in [-0.39, 0.29) is 5.91 Å². The second-order valence-electron chi connectivity index (χ2n) is 6.86. The fourth-order valence-electron chi connectivity index (χ4n) is 3.98. The second kappa shape index (κ2) is 6.82. The minimum atomic E-state index is 0.0694. The topological polar surface area (TPSA) is 49.3 Å². The largest absolute Gasteiger partial charge is 0.336 e. The van der Waals surface area contributed by atoms with Gasteiger partial charge < -0.3 is 9.80 Å². The maximum atomic E-state index is 12.8. The van der Waals surface area contributed by atoms with Gasteiger partial charge in [-0.1, -0.05) is 25.1 Å². The maximum Gasteiger partial charge on any atom is 0.257 e. The van der Waals surface area contributed by atoms with E-state index in [4.69, 9.17) is 0 Å². The van der Waals surface area contributed by atoms with E-state index in [0.29, 0.717) is 17.6 Å². The van der Waals surface area contributed by atoms with E-state index in [1.54, 1.807) is 12.4 Å². The number of carbonyl (C=O) groups is 1. The molecule has 2 aliphatic heterocycles. The lowest BCUT2D eigenvalue weighted by Gasteiger charge is -2.35. The number of para-hydroxylation sites is 1. The van der Waals surface area contributed by atoms with Crippen LogP contribution in [0.1, 0.15) is 48.5 Å². The summed E-state index contributed by atoms with van der Waals surface area (Å²) in [6.07, 6.45) is 8.80. The summed E-state index contributed by atoms with van der Waals surface area (Å²) < 4.78 is 0. The van der Waals surface area contributed by atoms with Gasteiger partial charge >= 0.3 is 0 Å². The molecule has 3 heterocycles. The van der Waals surface area contributed by atoms with E-state index in [1.165, 1.54) is 17.7 Å². The molecule has 5 nitrogen and oxygen atoms in total. The molecule has 0 radical (unpaired) electrons. The van der Waals surface area contributed by atoms with Crippen LogP contribution in [0, 0.1) is 0 Å². The van der Waals surface area contributed by atoms with Gasteiger partial charge in [-0.2, -0.15) is 0 Å². The number of carbonyl (C=O) groups excluding carboxylic acids is 1. The molecule has 1 fully saturated rings. The molecule has 4 rings (SSSR count). The number of fused-ring (bicyclic) bond motifs is 1. The number of rotatable bonds is 3. The van der Waals surface area contributed by atoms with Gasteiger partial charge in [0.05, 0.1) is 5.56 Å². The van der Waals surface area contributed by atoms with Crippen LogP contribution in [0.15, 0.2) is 36.7 Å². The summed E-state index contributed by atoms with van der Waals surface area (Å²) >= 11 is 0. The highest BCUT2D eigenvalue weighted by molar-refractivity contribution is 5.94. The summed E-state index contributed by atoms with van der Waals surface area (Å²) in [5.74, 6) is 0.743. The van der Waals surface area contributed by atoms with Gasteiger partial charge in [0.25, 0.3) is 5.91 Å². The van der Waals surface area contributed by atoms with Crippen molar-refractivity contribution in [3.8, 4) is 0 Å². The van der Waals surface area contributed by atoms with Gasteiger partial charge in [-0.05, 0) is 43.7 Å². The summed E-state index contributed by atoms with van der Waals surface area (Å²) in [4.78, 5) is 26.0. The first-order valence-electron chi connectivity index (χ1n) is 9.26. The zero-order chi connectivity index (χ0) is 17.2. The highest BCUT2D eigenvalue weighted by Gasteiger charge is 2.27. The molecule has 0 spiro atoms. The molecule has 1 amide bonds. The normalized spacial score (nSPS) is 19.8. The van der Waals surface area contributed by atoms with Crippen LogP contribution in [-0.4, -0.2) is 39.9 Å². The standard InChI is InChI=1S/C20H24N4O/c1-2-17-8-5-6-11-23(17)19(25)16-13-21-20(22-14-16)24-12-10-15-7-3-4-9-18(15)24/h3-4,7,9,13-14,17H,2,5-6,8,10-12H2,1H3. The highest BCUT2D eigenvalue weighted by Crippen LogP contribution is 2.32. The van der Waals surface area contributed by atoms with E-state index >= 15 is 0 Å². The van der Waals surface area contributed by atoms with Crippen LogP contribution in [0.3, 0.4) is 0 Å². The SMILES string of the molecule is CCC1CCCCN1C(=O)c1cnc(N2CCc3ccccc32)nc1. The second-order valence-corrected chi connectivity index (χ2v) is 6.86. The van der Waals surface area contributed by atoms with Crippen molar-refractivity contribution in [1.29, 1.82) is 0 Å². The molecule has 1 saturated heterocycles. The summed E-state index contributed by atoms with van der Waals surface area (Å²) in [5.41, 5.74) is 3.09. The van der Waals surface area contributed by atoms with Crippen LogP contribution >= 0.6 is 0 Å².